The van der Waals surface area contributed by atoms with Crippen LogP contribution in [0.25, 0.3) is 21.5 Å². The fourth-order valence-corrected chi connectivity index (χ4v) is 6.00. The van der Waals surface area contributed by atoms with Crippen LogP contribution in [0, 0.1) is 0 Å². The molecule has 176 valence electrons. The number of rotatable bonds is 8. The highest BCUT2D eigenvalue weighted by Crippen LogP contribution is 2.30. The first-order valence-electron chi connectivity index (χ1n) is 11.8. The third-order valence-corrected chi connectivity index (χ3v) is 7.87. The fourth-order valence-electron chi connectivity index (χ4n) is 4.74. The summed E-state index contributed by atoms with van der Waals surface area (Å²) in [6.07, 6.45) is 0.402. The number of hydrogen-bond acceptors (Lipinski definition) is 3. The molecule has 3 N–H and O–H groups in total. The van der Waals surface area contributed by atoms with Crippen molar-refractivity contribution in [3.63, 3.8) is 0 Å². The molecule has 5 heteroatoms. The molecule has 5 rings (SSSR count). The summed E-state index contributed by atoms with van der Waals surface area (Å²) in [5.74, 6) is -0.0319. The van der Waals surface area contributed by atoms with Crippen LogP contribution < -0.4 is 10.5 Å². The van der Waals surface area contributed by atoms with Crippen LogP contribution in [0.5, 0.6) is 0 Å². The van der Waals surface area contributed by atoms with Gasteiger partial charge < -0.3 is 5.73 Å². The SMILES string of the molecule is NC(c1ccccc1)C(NS(=O)(=O)CCc1c2ccccc2cc2ccccc12)c1ccccc1. The Bertz CT molecular complexity index is 1500. The van der Waals surface area contributed by atoms with Crippen LogP contribution in [0.2, 0.25) is 0 Å². The van der Waals surface area contributed by atoms with E-state index in [9.17, 15) is 8.42 Å². The van der Waals surface area contributed by atoms with Crippen molar-refractivity contribution in [1.29, 1.82) is 0 Å². The number of nitrogens with two attached hydrogens (primary N) is 1. The minimum absolute atomic E-state index is 0.0319. The quantitative estimate of drug-likeness (QED) is 0.272. The highest BCUT2D eigenvalue weighted by molar-refractivity contribution is 7.89. The molecule has 35 heavy (non-hydrogen) atoms. The lowest BCUT2D eigenvalue weighted by Crippen LogP contribution is -2.37. The first-order chi connectivity index (χ1) is 17.0. The van der Waals surface area contributed by atoms with E-state index in [1.54, 1.807) is 0 Å². The largest absolute Gasteiger partial charge is 0.322 e. The maximum atomic E-state index is 13.4. The Morgan fingerprint density at radius 1 is 0.657 bits per heavy atom. The van der Waals surface area contributed by atoms with Crippen molar-refractivity contribution in [3.05, 3.63) is 132 Å². The van der Waals surface area contributed by atoms with Crippen molar-refractivity contribution in [3.8, 4) is 0 Å². The fraction of sp³-hybridized carbons (Fsp3) is 0.133. The molecular formula is C30H28N2O2S. The van der Waals surface area contributed by atoms with Crippen molar-refractivity contribution in [2.24, 2.45) is 5.73 Å². The summed E-state index contributed by atoms with van der Waals surface area (Å²) in [6, 6.07) is 36.5. The van der Waals surface area contributed by atoms with E-state index in [1.807, 2.05) is 84.9 Å². The molecule has 0 heterocycles. The van der Waals surface area contributed by atoms with Crippen LogP contribution in [0.15, 0.2) is 115 Å². The molecule has 0 saturated carbocycles. The van der Waals surface area contributed by atoms with Crippen molar-refractivity contribution < 1.29 is 8.42 Å². The average Bonchev–Trinajstić information content (AvgIpc) is 2.90. The van der Waals surface area contributed by atoms with Crippen molar-refractivity contribution >= 4 is 31.6 Å². The molecule has 0 aliphatic carbocycles. The van der Waals surface area contributed by atoms with Gasteiger partial charge in [0.1, 0.15) is 0 Å². The number of fused-ring (bicyclic) bond motifs is 2. The Morgan fingerprint density at radius 3 is 1.71 bits per heavy atom. The summed E-state index contributed by atoms with van der Waals surface area (Å²) >= 11 is 0. The van der Waals surface area contributed by atoms with E-state index >= 15 is 0 Å². The molecule has 5 aromatic rings. The zero-order valence-electron chi connectivity index (χ0n) is 19.3. The Hall–Kier alpha value is -3.51. The first kappa shape index (κ1) is 23.2. The zero-order chi connectivity index (χ0) is 24.3. The second-order valence-corrected chi connectivity index (χ2v) is 10.7. The molecule has 0 fully saturated rings. The van der Waals surface area contributed by atoms with E-state index in [2.05, 4.69) is 35.1 Å². The molecule has 0 amide bonds. The molecule has 4 nitrogen and oxygen atoms in total. The maximum absolute atomic E-state index is 13.4. The monoisotopic (exact) mass is 480 g/mol. The van der Waals surface area contributed by atoms with Gasteiger partial charge in [-0.2, -0.15) is 0 Å². The Morgan fingerprint density at radius 2 is 1.14 bits per heavy atom. The number of nitrogens with one attached hydrogen (secondary N) is 1. The lowest BCUT2D eigenvalue weighted by molar-refractivity contribution is 0.504. The molecule has 0 radical (unpaired) electrons. The average molecular weight is 481 g/mol. The molecule has 0 aliphatic rings. The summed E-state index contributed by atoms with van der Waals surface area (Å²) in [7, 11) is -3.65. The standard InChI is InChI=1S/C30H28N2O2S/c31-29(22-11-3-1-4-12-22)30(23-13-5-2-6-14-23)32-35(33,34)20-19-28-26-17-9-7-15-24(26)21-25-16-8-10-18-27(25)28/h1-18,21,29-30,32H,19-20,31H2. The van der Waals surface area contributed by atoms with Gasteiger partial charge >= 0.3 is 0 Å². The summed E-state index contributed by atoms with van der Waals surface area (Å²) in [5.41, 5.74) is 9.37. The predicted octanol–water partition coefficient (Wildman–Crippen LogP) is 5.90. The minimum Gasteiger partial charge on any atom is -0.322 e. The topological polar surface area (TPSA) is 72.2 Å². The van der Waals surface area contributed by atoms with Gasteiger partial charge in [-0.3, -0.25) is 0 Å². The summed E-state index contributed by atoms with van der Waals surface area (Å²) in [5, 5.41) is 4.39. The number of sulfonamides is 1. The summed E-state index contributed by atoms with van der Waals surface area (Å²) in [6.45, 7) is 0. The molecular weight excluding hydrogens is 452 g/mol. The highest BCUT2D eigenvalue weighted by Gasteiger charge is 2.26. The van der Waals surface area contributed by atoms with E-state index < -0.39 is 22.1 Å². The summed E-state index contributed by atoms with van der Waals surface area (Å²) in [4.78, 5) is 0. The van der Waals surface area contributed by atoms with Gasteiger partial charge in [0.15, 0.2) is 0 Å². The minimum atomic E-state index is -3.65. The summed E-state index contributed by atoms with van der Waals surface area (Å²) < 4.78 is 29.8. The molecule has 0 bridgehead atoms. The lowest BCUT2D eigenvalue weighted by atomic mass is 9.95. The second kappa shape index (κ2) is 10.0. The number of hydrogen-bond donors (Lipinski definition) is 2. The Kier molecular flexibility index (Phi) is 6.64. The van der Waals surface area contributed by atoms with Gasteiger partial charge in [-0.25, -0.2) is 13.1 Å². The smallest absolute Gasteiger partial charge is 0.212 e. The molecule has 5 aromatic carbocycles. The third kappa shape index (κ3) is 5.13. The first-order valence-corrected chi connectivity index (χ1v) is 13.4. The molecule has 0 saturated heterocycles. The molecule has 2 unspecified atom stereocenters. The van der Waals surface area contributed by atoms with Crippen molar-refractivity contribution in [1.82, 2.24) is 4.72 Å². The maximum Gasteiger partial charge on any atom is 0.212 e. The van der Waals surface area contributed by atoms with E-state index in [0.717, 1.165) is 38.2 Å². The van der Waals surface area contributed by atoms with Gasteiger partial charge in [-0.05, 0) is 50.7 Å². The van der Waals surface area contributed by atoms with Crippen LogP contribution in [-0.4, -0.2) is 14.2 Å². The van der Waals surface area contributed by atoms with Gasteiger partial charge in [0, 0.05) is 0 Å². The second-order valence-electron chi connectivity index (χ2n) is 8.81. The van der Waals surface area contributed by atoms with E-state index in [-0.39, 0.29) is 5.75 Å². The van der Waals surface area contributed by atoms with Crippen LogP contribution in [0.1, 0.15) is 28.8 Å². The molecule has 0 aromatic heterocycles. The van der Waals surface area contributed by atoms with E-state index in [4.69, 9.17) is 5.73 Å². The van der Waals surface area contributed by atoms with Crippen LogP contribution in [0.4, 0.5) is 0 Å². The number of aryl methyl sites for hydroxylation is 1. The van der Waals surface area contributed by atoms with Gasteiger partial charge in [0.25, 0.3) is 0 Å². The molecule has 0 aliphatic heterocycles. The van der Waals surface area contributed by atoms with Gasteiger partial charge in [0.05, 0.1) is 17.8 Å². The van der Waals surface area contributed by atoms with Crippen LogP contribution in [0.3, 0.4) is 0 Å². The molecule has 2 atom stereocenters. The van der Waals surface area contributed by atoms with Crippen molar-refractivity contribution in [2.45, 2.75) is 18.5 Å². The molecule has 0 spiro atoms. The van der Waals surface area contributed by atoms with Gasteiger partial charge in [-0.1, -0.05) is 109 Å². The van der Waals surface area contributed by atoms with Gasteiger partial charge in [0.2, 0.25) is 10.0 Å². The number of benzene rings is 5. The van der Waals surface area contributed by atoms with Crippen molar-refractivity contribution in [2.75, 3.05) is 5.75 Å². The van der Waals surface area contributed by atoms with Gasteiger partial charge in [-0.15, -0.1) is 0 Å². The predicted molar refractivity (Wildman–Crippen MR) is 145 cm³/mol. The lowest BCUT2D eigenvalue weighted by Gasteiger charge is -2.26. The Balaban J connectivity index is 1.46. The van der Waals surface area contributed by atoms with E-state index in [1.165, 1.54) is 0 Å². The van der Waals surface area contributed by atoms with Crippen LogP contribution in [-0.2, 0) is 16.4 Å². The normalized spacial score (nSPS) is 13.6. The highest BCUT2D eigenvalue weighted by atomic mass is 32.2. The Labute approximate surface area is 206 Å². The van der Waals surface area contributed by atoms with E-state index in [0.29, 0.717) is 6.42 Å². The third-order valence-electron chi connectivity index (χ3n) is 6.51. The zero-order valence-corrected chi connectivity index (χ0v) is 20.2. The van der Waals surface area contributed by atoms with Crippen LogP contribution >= 0.6 is 0 Å².